The lowest BCUT2D eigenvalue weighted by molar-refractivity contribution is -0.114. The summed E-state index contributed by atoms with van der Waals surface area (Å²) in [7, 11) is 0. The van der Waals surface area contributed by atoms with Gasteiger partial charge in [0.1, 0.15) is 4.88 Å². The third kappa shape index (κ3) is 5.13. The maximum atomic E-state index is 12.7. The van der Waals surface area contributed by atoms with E-state index in [1.807, 2.05) is 43.3 Å². The van der Waals surface area contributed by atoms with E-state index in [4.69, 9.17) is 4.74 Å². The Balaban J connectivity index is 2.35. The number of carbonyl (C=O) groups excluding carboxylic acids is 2. The number of thiazole rings is 1. The van der Waals surface area contributed by atoms with E-state index in [9.17, 15) is 9.59 Å². The molecule has 0 N–H and O–H groups in total. The first kappa shape index (κ1) is 19.6. The summed E-state index contributed by atoms with van der Waals surface area (Å²) in [5.41, 5.74) is 1.54. The minimum absolute atomic E-state index is 0.198. The zero-order chi connectivity index (χ0) is 18.9. The maximum Gasteiger partial charge on any atom is 0.350 e. The zero-order valence-corrected chi connectivity index (χ0v) is 16.0. The molecule has 1 aromatic heterocycles. The van der Waals surface area contributed by atoms with Crippen molar-refractivity contribution in [2.75, 3.05) is 11.5 Å². The van der Waals surface area contributed by atoms with Crippen LogP contribution < -0.4 is 4.90 Å². The fourth-order valence-corrected chi connectivity index (χ4v) is 3.19. The molecular formula is C20H22N2O3S. The fraction of sp³-hybridized carbons (Fsp3) is 0.250. The molecule has 136 valence electrons. The van der Waals surface area contributed by atoms with E-state index in [-0.39, 0.29) is 5.91 Å². The zero-order valence-electron chi connectivity index (χ0n) is 15.1. The minimum atomic E-state index is -0.412. The highest BCUT2D eigenvalue weighted by Gasteiger charge is 2.23. The summed E-state index contributed by atoms with van der Waals surface area (Å²) < 4.78 is 5.06. The van der Waals surface area contributed by atoms with E-state index in [1.54, 1.807) is 30.9 Å². The molecular weight excluding hydrogens is 348 g/mol. The van der Waals surface area contributed by atoms with Gasteiger partial charge in [-0.25, -0.2) is 9.78 Å². The molecule has 1 aromatic carbocycles. The van der Waals surface area contributed by atoms with Gasteiger partial charge in [-0.05, 0) is 26.3 Å². The molecule has 6 heteroatoms. The number of anilines is 1. The molecule has 2 aromatic rings. The molecule has 0 spiro atoms. The number of allylic oxidation sites excluding steroid dienone is 3. The molecule has 1 heterocycles. The van der Waals surface area contributed by atoms with Crippen molar-refractivity contribution < 1.29 is 14.3 Å². The average Bonchev–Trinajstić information content (AvgIpc) is 3.02. The molecule has 0 aliphatic heterocycles. The number of carbonyl (C=O) groups is 2. The van der Waals surface area contributed by atoms with Crippen molar-refractivity contribution in [3.05, 3.63) is 70.8 Å². The fourth-order valence-electron chi connectivity index (χ4n) is 2.23. The van der Waals surface area contributed by atoms with E-state index < -0.39 is 5.97 Å². The van der Waals surface area contributed by atoms with Crippen LogP contribution in [-0.4, -0.2) is 23.5 Å². The second-order valence-electron chi connectivity index (χ2n) is 5.43. The number of hydrogen-bond donors (Lipinski definition) is 0. The average molecular weight is 370 g/mol. The summed E-state index contributed by atoms with van der Waals surface area (Å²) in [6.45, 7) is 6.05. The quantitative estimate of drug-likeness (QED) is 0.414. The monoisotopic (exact) mass is 370 g/mol. The Morgan fingerprint density at radius 3 is 2.62 bits per heavy atom. The van der Waals surface area contributed by atoms with Gasteiger partial charge in [-0.2, -0.15) is 0 Å². The summed E-state index contributed by atoms with van der Waals surface area (Å²) in [6.07, 6.45) is 6.81. The molecule has 0 atom stereocenters. The maximum absolute atomic E-state index is 12.7. The van der Waals surface area contributed by atoms with Gasteiger partial charge in [0.25, 0.3) is 5.91 Å². The summed E-state index contributed by atoms with van der Waals surface area (Å²) >= 11 is 1.17. The first-order chi connectivity index (χ1) is 12.6. The van der Waals surface area contributed by atoms with Crippen molar-refractivity contribution in [1.29, 1.82) is 0 Å². The second kappa shape index (κ2) is 9.68. The molecule has 5 nitrogen and oxygen atoms in total. The van der Waals surface area contributed by atoms with E-state index in [0.717, 1.165) is 5.56 Å². The van der Waals surface area contributed by atoms with Gasteiger partial charge in [-0.15, -0.1) is 0 Å². The summed E-state index contributed by atoms with van der Waals surface area (Å²) in [4.78, 5) is 31.2. The molecule has 1 amide bonds. The lowest BCUT2D eigenvalue weighted by Gasteiger charge is -2.18. The van der Waals surface area contributed by atoms with Gasteiger partial charge >= 0.3 is 5.97 Å². The smallest absolute Gasteiger partial charge is 0.350 e. The molecule has 0 unspecified atom stereocenters. The molecule has 0 saturated carbocycles. The van der Waals surface area contributed by atoms with Crippen LogP contribution in [-0.2, 0) is 16.1 Å². The number of amides is 1. The van der Waals surface area contributed by atoms with Crippen LogP contribution in [0.2, 0.25) is 0 Å². The third-order valence-corrected chi connectivity index (χ3v) is 4.63. The third-order valence-electron chi connectivity index (χ3n) is 3.47. The van der Waals surface area contributed by atoms with Crippen LogP contribution in [0.25, 0.3) is 0 Å². The van der Waals surface area contributed by atoms with Gasteiger partial charge in [0.2, 0.25) is 0 Å². The molecule has 0 bridgehead atoms. The highest BCUT2D eigenvalue weighted by atomic mass is 32.1. The Bertz CT molecular complexity index is 810. The summed E-state index contributed by atoms with van der Waals surface area (Å²) in [6, 6.07) is 9.66. The Morgan fingerprint density at radius 1 is 1.23 bits per heavy atom. The van der Waals surface area contributed by atoms with Crippen molar-refractivity contribution >= 4 is 28.3 Å². The van der Waals surface area contributed by atoms with Crippen LogP contribution in [0, 0.1) is 6.92 Å². The number of nitrogens with zero attached hydrogens (tertiary/aromatic N) is 2. The van der Waals surface area contributed by atoms with Gasteiger partial charge in [0.15, 0.2) is 5.13 Å². The standard InChI is InChI=1S/C20H22N2O3S/c1-4-6-8-13-17(23)22(14-16-11-9-7-10-12-16)20-21-15(3)18(26-20)19(24)25-5-2/h4,6-13H,5,14H2,1-3H3/b6-4+,13-8+. The summed E-state index contributed by atoms with van der Waals surface area (Å²) in [5.74, 6) is -0.610. The number of esters is 1. The lowest BCUT2D eigenvalue weighted by Crippen LogP contribution is -2.28. The van der Waals surface area contributed by atoms with Crippen LogP contribution >= 0.6 is 11.3 Å². The van der Waals surface area contributed by atoms with Crippen molar-refractivity contribution in [3.63, 3.8) is 0 Å². The number of benzene rings is 1. The topological polar surface area (TPSA) is 59.5 Å². The first-order valence-electron chi connectivity index (χ1n) is 8.36. The van der Waals surface area contributed by atoms with Crippen molar-refractivity contribution in [2.45, 2.75) is 27.3 Å². The van der Waals surface area contributed by atoms with Gasteiger partial charge in [0, 0.05) is 6.08 Å². The van der Waals surface area contributed by atoms with Crippen LogP contribution in [0.15, 0.2) is 54.6 Å². The SMILES string of the molecule is C/C=C/C=C/C(=O)N(Cc1ccccc1)c1nc(C)c(C(=O)OCC)s1. The highest BCUT2D eigenvalue weighted by molar-refractivity contribution is 7.17. The number of aromatic nitrogens is 1. The predicted molar refractivity (Wildman–Crippen MR) is 104 cm³/mol. The normalized spacial score (nSPS) is 11.2. The number of aryl methyl sites for hydroxylation is 1. The Hall–Kier alpha value is -2.73. The van der Waals surface area contributed by atoms with E-state index >= 15 is 0 Å². The summed E-state index contributed by atoms with van der Waals surface area (Å²) in [5, 5.41) is 0.476. The Labute approximate surface area is 157 Å². The van der Waals surface area contributed by atoms with E-state index in [1.165, 1.54) is 17.4 Å². The van der Waals surface area contributed by atoms with E-state index in [0.29, 0.717) is 28.9 Å². The molecule has 0 aliphatic carbocycles. The van der Waals surface area contributed by atoms with Crippen LogP contribution in [0.1, 0.15) is 34.8 Å². The molecule has 0 radical (unpaired) electrons. The largest absolute Gasteiger partial charge is 0.462 e. The first-order valence-corrected chi connectivity index (χ1v) is 9.17. The van der Waals surface area contributed by atoms with E-state index in [2.05, 4.69) is 4.98 Å². The molecule has 0 fully saturated rings. The number of ether oxygens (including phenoxy) is 1. The Morgan fingerprint density at radius 2 is 1.96 bits per heavy atom. The lowest BCUT2D eigenvalue weighted by atomic mass is 10.2. The second-order valence-corrected chi connectivity index (χ2v) is 6.40. The Kier molecular flexibility index (Phi) is 7.29. The molecule has 0 saturated heterocycles. The molecule has 26 heavy (non-hydrogen) atoms. The van der Waals surface area contributed by atoms with Gasteiger partial charge in [-0.1, -0.05) is 59.9 Å². The van der Waals surface area contributed by atoms with Gasteiger partial charge in [0.05, 0.1) is 18.8 Å². The molecule has 2 rings (SSSR count). The highest BCUT2D eigenvalue weighted by Crippen LogP contribution is 2.28. The van der Waals surface area contributed by atoms with Crippen molar-refractivity contribution in [1.82, 2.24) is 4.98 Å². The molecule has 0 aliphatic rings. The number of rotatable bonds is 7. The van der Waals surface area contributed by atoms with Gasteiger partial charge in [-0.3, -0.25) is 9.69 Å². The van der Waals surface area contributed by atoms with Crippen LogP contribution in [0.5, 0.6) is 0 Å². The van der Waals surface area contributed by atoms with Crippen LogP contribution in [0.3, 0.4) is 0 Å². The van der Waals surface area contributed by atoms with Crippen molar-refractivity contribution in [3.8, 4) is 0 Å². The minimum Gasteiger partial charge on any atom is -0.462 e. The number of hydrogen-bond acceptors (Lipinski definition) is 5. The van der Waals surface area contributed by atoms with Gasteiger partial charge < -0.3 is 4.74 Å². The van der Waals surface area contributed by atoms with Crippen molar-refractivity contribution in [2.24, 2.45) is 0 Å². The predicted octanol–water partition coefficient (Wildman–Crippen LogP) is 4.29. The van der Waals surface area contributed by atoms with Crippen LogP contribution in [0.4, 0.5) is 5.13 Å².